The smallest absolute Gasteiger partial charge is 0.381 e. The third kappa shape index (κ3) is 5.16. The van der Waals surface area contributed by atoms with Gasteiger partial charge in [-0.25, -0.2) is 0 Å². The van der Waals surface area contributed by atoms with Crippen LogP contribution in [-0.4, -0.2) is 31.8 Å². The molecule has 31 heavy (non-hydrogen) atoms. The molecular weight excluding hydrogens is 403 g/mol. The molecule has 2 heterocycles. The molecule has 0 spiro atoms. The highest BCUT2D eigenvalue weighted by atomic mass is 19.4. The second kappa shape index (κ2) is 9.76. The van der Waals surface area contributed by atoms with Crippen molar-refractivity contribution in [3.8, 4) is 0 Å². The van der Waals surface area contributed by atoms with Gasteiger partial charge in [-0.2, -0.15) is 13.2 Å². The largest absolute Gasteiger partial charge is 0.416 e. The first-order valence-electron chi connectivity index (χ1n) is 11.3. The van der Waals surface area contributed by atoms with Crippen LogP contribution in [0.25, 0.3) is 0 Å². The number of halogens is 3. The molecule has 170 valence electrons. The van der Waals surface area contributed by atoms with Crippen LogP contribution in [0.2, 0.25) is 0 Å². The number of nitrogens with one attached hydrogen (secondary N) is 2. The maximum absolute atomic E-state index is 13.4. The number of anilines is 1. The van der Waals surface area contributed by atoms with Crippen molar-refractivity contribution in [1.82, 2.24) is 5.32 Å². The monoisotopic (exact) mass is 435 g/mol. The van der Waals surface area contributed by atoms with E-state index in [1.807, 2.05) is 6.08 Å². The minimum Gasteiger partial charge on any atom is -0.381 e. The number of hydrogen-bond acceptors (Lipinski definition) is 4. The molecule has 5 atom stereocenters. The van der Waals surface area contributed by atoms with Crippen LogP contribution in [-0.2, 0) is 10.9 Å². The summed E-state index contributed by atoms with van der Waals surface area (Å²) in [5, 5.41) is 6.99. The van der Waals surface area contributed by atoms with Crippen LogP contribution in [0.5, 0.6) is 0 Å². The van der Waals surface area contributed by atoms with Gasteiger partial charge in [-0.05, 0) is 63.4 Å². The Morgan fingerprint density at radius 2 is 2.03 bits per heavy atom. The predicted molar refractivity (Wildman–Crippen MR) is 117 cm³/mol. The van der Waals surface area contributed by atoms with Gasteiger partial charge in [0.05, 0.1) is 17.8 Å². The van der Waals surface area contributed by atoms with Gasteiger partial charge < -0.3 is 21.1 Å². The highest BCUT2D eigenvalue weighted by Crippen LogP contribution is 2.49. The van der Waals surface area contributed by atoms with E-state index in [1.165, 1.54) is 12.1 Å². The van der Waals surface area contributed by atoms with Gasteiger partial charge in [0.15, 0.2) is 0 Å². The molecule has 1 aromatic carbocycles. The fourth-order valence-electron chi connectivity index (χ4n) is 5.07. The molecule has 7 heteroatoms. The van der Waals surface area contributed by atoms with E-state index in [1.54, 1.807) is 6.07 Å². The highest BCUT2D eigenvalue weighted by Gasteiger charge is 2.44. The molecule has 0 aromatic heterocycles. The van der Waals surface area contributed by atoms with Crippen LogP contribution in [0.15, 0.2) is 42.5 Å². The second-order valence-corrected chi connectivity index (χ2v) is 8.80. The number of alkyl halides is 3. The average Bonchev–Trinajstić information content (AvgIpc) is 2.78. The van der Waals surface area contributed by atoms with Gasteiger partial charge >= 0.3 is 6.18 Å². The molecule has 0 saturated carbocycles. The summed E-state index contributed by atoms with van der Waals surface area (Å²) < 4.78 is 46.7. The molecule has 1 aromatic rings. The fourth-order valence-corrected chi connectivity index (χ4v) is 5.07. The SMILES string of the molecule is NCCCCNC[C@H]1CC[C@@H]2[C@H](O1)c1cc(C(F)(F)F)ccc1N[C@H]2C1C=CC=CC1. The van der Waals surface area contributed by atoms with Gasteiger partial charge in [0.2, 0.25) is 0 Å². The summed E-state index contributed by atoms with van der Waals surface area (Å²) in [6, 6.07) is 4.17. The number of nitrogens with two attached hydrogens (primary N) is 1. The van der Waals surface area contributed by atoms with Crippen LogP contribution in [0, 0.1) is 11.8 Å². The Labute approximate surface area is 182 Å². The lowest BCUT2D eigenvalue weighted by Gasteiger charge is -2.47. The molecule has 0 radical (unpaired) electrons. The first-order valence-corrected chi connectivity index (χ1v) is 11.3. The van der Waals surface area contributed by atoms with E-state index in [-0.39, 0.29) is 24.2 Å². The van der Waals surface area contributed by atoms with Crippen LogP contribution >= 0.6 is 0 Å². The van der Waals surface area contributed by atoms with E-state index in [2.05, 4.69) is 28.9 Å². The Balaban J connectivity index is 1.55. The first-order chi connectivity index (χ1) is 15.0. The first kappa shape index (κ1) is 22.4. The summed E-state index contributed by atoms with van der Waals surface area (Å²) >= 11 is 0. The lowest BCUT2D eigenvalue weighted by molar-refractivity contribution is -0.138. The maximum Gasteiger partial charge on any atom is 0.416 e. The summed E-state index contributed by atoms with van der Waals surface area (Å²) in [5.41, 5.74) is 6.33. The van der Waals surface area contributed by atoms with Gasteiger partial charge in [0, 0.05) is 35.7 Å². The van der Waals surface area contributed by atoms with E-state index >= 15 is 0 Å². The van der Waals surface area contributed by atoms with Gasteiger partial charge in [-0.15, -0.1) is 0 Å². The minimum atomic E-state index is -4.36. The number of hydrogen-bond donors (Lipinski definition) is 3. The summed E-state index contributed by atoms with van der Waals surface area (Å²) in [6.07, 6.45) is 8.54. The van der Waals surface area contributed by atoms with Crippen LogP contribution in [0.1, 0.15) is 49.3 Å². The lowest BCUT2D eigenvalue weighted by atomic mass is 9.73. The summed E-state index contributed by atoms with van der Waals surface area (Å²) in [4.78, 5) is 0. The van der Waals surface area contributed by atoms with Crippen molar-refractivity contribution in [3.63, 3.8) is 0 Å². The fraction of sp³-hybridized carbons (Fsp3) is 0.583. The van der Waals surface area contributed by atoms with Crippen molar-refractivity contribution in [2.24, 2.45) is 17.6 Å². The Morgan fingerprint density at radius 3 is 2.77 bits per heavy atom. The van der Waals surface area contributed by atoms with E-state index in [9.17, 15) is 13.2 Å². The quantitative estimate of drug-likeness (QED) is 0.539. The molecule has 4 N–H and O–H groups in total. The second-order valence-electron chi connectivity index (χ2n) is 8.80. The lowest BCUT2D eigenvalue weighted by Crippen LogP contribution is -2.48. The van der Waals surface area contributed by atoms with Gasteiger partial charge in [-0.3, -0.25) is 0 Å². The van der Waals surface area contributed by atoms with E-state index in [4.69, 9.17) is 10.5 Å². The standard InChI is InChI=1S/C24H32F3N3O/c25-24(26,27)17-8-11-21-20(14-17)23-19(22(30-21)16-6-2-1-3-7-16)10-9-18(31-23)15-29-13-5-4-12-28/h1-3,6,8,11,14,16,18-19,22-23,29-30H,4-5,7,9-10,12-13,15,28H2/t16?,18-,19+,22+,23+/m1/s1. The van der Waals surface area contributed by atoms with Gasteiger partial charge in [-0.1, -0.05) is 24.3 Å². The number of allylic oxidation sites excluding steroid dienone is 3. The van der Waals surface area contributed by atoms with E-state index < -0.39 is 11.7 Å². The normalized spacial score (nSPS) is 29.9. The molecular formula is C24H32F3N3O. The van der Waals surface area contributed by atoms with Crippen molar-refractivity contribution in [2.75, 3.05) is 25.0 Å². The van der Waals surface area contributed by atoms with Crippen molar-refractivity contribution >= 4 is 5.69 Å². The molecule has 1 unspecified atom stereocenters. The number of unbranched alkanes of at least 4 members (excludes halogenated alkanes) is 1. The van der Waals surface area contributed by atoms with Crippen LogP contribution < -0.4 is 16.4 Å². The summed E-state index contributed by atoms with van der Waals surface area (Å²) in [6.45, 7) is 2.28. The number of benzene rings is 1. The number of fused-ring (bicyclic) bond motifs is 3. The molecule has 4 nitrogen and oxygen atoms in total. The van der Waals surface area contributed by atoms with Crippen molar-refractivity contribution < 1.29 is 17.9 Å². The maximum atomic E-state index is 13.4. The Kier molecular flexibility index (Phi) is 7.04. The average molecular weight is 436 g/mol. The van der Waals surface area contributed by atoms with Crippen molar-refractivity contribution in [1.29, 1.82) is 0 Å². The molecule has 1 fully saturated rings. The molecule has 3 aliphatic rings. The molecule has 2 aliphatic heterocycles. The number of rotatable bonds is 7. The topological polar surface area (TPSA) is 59.3 Å². The van der Waals surface area contributed by atoms with E-state index in [0.717, 1.165) is 44.3 Å². The van der Waals surface area contributed by atoms with Gasteiger partial charge in [0.1, 0.15) is 0 Å². The molecule has 0 bridgehead atoms. The van der Waals surface area contributed by atoms with Crippen molar-refractivity contribution in [2.45, 2.75) is 56.5 Å². The Morgan fingerprint density at radius 1 is 1.16 bits per heavy atom. The summed E-state index contributed by atoms with van der Waals surface area (Å²) in [7, 11) is 0. The Hall–Kier alpha value is -1.83. The molecule has 0 amide bonds. The third-order valence-corrected chi connectivity index (χ3v) is 6.67. The highest BCUT2D eigenvalue weighted by molar-refractivity contribution is 5.58. The number of ether oxygens (including phenoxy) is 1. The molecule has 1 saturated heterocycles. The Bertz CT molecular complexity index is 808. The molecule has 1 aliphatic carbocycles. The zero-order valence-corrected chi connectivity index (χ0v) is 17.7. The third-order valence-electron chi connectivity index (χ3n) is 6.67. The van der Waals surface area contributed by atoms with Crippen LogP contribution in [0.4, 0.5) is 18.9 Å². The zero-order chi connectivity index (χ0) is 21.8. The van der Waals surface area contributed by atoms with Crippen LogP contribution in [0.3, 0.4) is 0 Å². The molecule has 4 rings (SSSR count). The zero-order valence-electron chi connectivity index (χ0n) is 17.7. The van der Waals surface area contributed by atoms with Gasteiger partial charge in [0.25, 0.3) is 0 Å². The van der Waals surface area contributed by atoms with E-state index in [0.29, 0.717) is 24.6 Å². The van der Waals surface area contributed by atoms with Crippen molar-refractivity contribution in [3.05, 3.63) is 53.6 Å². The predicted octanol–water partition coefficient (Wildman–Crippen LogP) is 4.80. The summed E-state index contributed by atoms with van der Waals surface area (Å²) in [5.74, 6) is 0.452. The minimum absolute atomic E-state index is 0.00191.